The van der Waals surface area contributed by atoms with E-state index in [9.17, 15) is 9.18 Å². The van der Waals surface area contributed by atoms with E-state index in [1.807, 2.05) is 12.3 Å². The van der Waals surface area contributed by atoms with E-state index in [2.05, 4.69) is 0 Å². The monoisotopic (exact) mass is 280 g/mol. The van der Waals surface area contributed by atoms with Gasteiger partial charge in [-0.3, -0.25) is 4.79 Å². The van der Waals surface area contributed by atoms with Crippen LogP contribution >= 0.6 is 23.4 Å². The molecule has 92 valence electrons. The third-order valence-electron chi connectivity index (χ3n) is 2.53. The Kier molecular flexibility index (Phi) is 4.04. The van der Waals surface area contributed by atoms with Crippen molar-refractivity contribution in [3.8, 4) is 0 Å². The minimum atomic E-state index is -0.580. The molecule has 0 N–H and O–H groups in total. The second kappa shape index (κ2) is 5.55. The number of ketones is 1. The third-order valence-corrected chi connectivity index (χ3v) is 3.64. The van der Waals surface area contributed by atoms with Crippen LogP contribution in [-0.2, 0) is 0 Å². The zero-order valence-electron chi connectivity index (χ0n) is 9.61. The Hall–Kier alpha value is -1.32. The number of halogens is 2. The quantitative estimate of drug-likeness (QED) is 0.611. The van der Waals surface area contributed by atoms with Crippen LogP contribution in [0.5, 0.6) is 0 Å². The summed E-state index contributed by atoms with van der Waals surface area (Å²) in [6.45, 7) is 0. The fraction of sp³-hybridized carbons (Fsp3) is 0.0714. The van der Waals surface area contributed by atoms with Gasteiger partial charge in [0.25, 0.3) is 0 Å². The van der Waals surface area contributed by atoms with Crippen molar-refractivity contribution in [2.75, 3.05) is 6.26 Å². The highest BCUT2D eigenvalue weighted by molar-refractivity contribution is 7.98. The van der Waals surface area contributed by atoms with Crippen LogP contribution in [0.4, 0.5) is 4.39 Å². The second-order valence-corrected chi connectivity index (χ2v) is 4.92. The van der Waals surface area contributed by atoms with Crippen LogP contribution in [0, 0.1) is 5.82 Å². The van der Waals surface area contributed by atoms with Crippen LogP contribution in [0.1, 0.15) is 15.9 Å². The van der Waals surface area contributed by atoms with E-state index in [4.69, 9.17) is 11.6 Å². The molecule has 1 nitrogen and oxygen atoms in total. The highest BCUT2D eigenvalue weighted by Gasteiger charge is 2.15. The number of carbonyl (C=O) groups is 1. The first kappa shape index (κ1) is 13.1. The Morgan fingerprint density at radius 2 is 1.94 bits per heavy atom. The molecule has 0 bridgehead atoms. The topological polar surface area (TPSA) is 17.1 Å². The molecule has 0 aliphatic heterocycles. The first-order valence-corrected chi connectivity index (χ1v) is 6.86. The van der Waals surface area contributed by atoms with Crippen molar-refractivity contribution < 1.29 is 9.18 Å². The summed E-state index contributed by atoms with van der Waals surface area (Å²) >= 11 is 7.35. The second-order valence-electron chi connectivity index (χ2n) is 3.66. The molecule has 0 amide bonds. The Balaban J connectivity index is 2.44. The van der Waals surface area contributed by atoms with Gasteiger partial charge in [0.15, 0.2) is 5.78 Å². The highest BCUT2D eigenvalue weighted by atomic mass is 35.5. The largest absolute Gasteiger partial charge is 0.289 e. The predicted octanol–water partition coefficient (Wildman–Crippen LogP) is 4.43. The lowest BCUT2D eigenvalue weighted by molar-refractivity contribution is 0.103. The standard InChI is InChI=1S/C14H10ClFOS/c1-18-10-5-2-4-9(8-10)14(17)11-6-3-7-12(16)13(11)15/h2-8H,1H3. The minimum Gasteiger partial charge on any atom is -0.289 e. The maximum absolute atomic E-state index is 13.3. The van der Waals surface area contributed by atoms with Gasteiger partial charge in [0.2, 0.25) is 0 Å². The molecular weight excluding hydrogens is 271 g/mol. The summed E-state index contributed by atoms with van der Waals surface area (Å²) in [7, 11) is 0. The number of benzene rings is 2. The third kappa shape index (κ3) is 2.57. The number of thioether (sulfide) groups is 1. The van der Waals surface area contributed by atoms with Crippen LogP contribution < -0.4 is 0 Å². The van der Waals surface area contributed by atoms with E-state index in [-0.39, 0.29) is 16.4 Å². The summed E-state index contributed by atoms with van der Waals surface area (Å²) in [4.78, 5) is 13.2. The van der Waals surface area contributed by atoms with E-state index in [0.29, 0.717) is 5.56 Å². The molecule has 2 aromatic rings. The lowest BCUT2D eigenvalue weighted by atomic mass is 10.0. The molecule has 0 saturated heterocycles. The smallest absolute Gasteiger partial charge is 0.194 e. The Bertz CT molecular complexity index is 598. The zero-order chi connectivity index (χ0) is 13.1. The van der Waals surface area contributed by atoms with Gasteiger partial charge in [0.1, 0.15) is 5.82 Å². The maximum Gasteiger partial charge on any atom is 0.194 e. The van der Waals surface area contributed by atoms with E-state index in [0.717, 1.165) is 4.90 Å². The lowest BCUT2D eigenvalue weighted by Gasteiger charge is -2.05. The molecule has 0 saturated carbocycles. The van der Waals surface area contributed by atoms with Crippen LogP contribution in [0.15, 0.2) is 47.4 Å². The van der Waals surface area contributed by atoms with Crippen molar-refractivity contribution in [2.45, 2.75) is 4.90 Å². The minimum absolute atomic E-state index is 0.128. The van der Waals surface area contributed by atoms with E-state index in [1.54, 1.807) is 30.0 Å². The van der Waals surface area contributed by atoms with Gasteiger partial charge in [0.05, 0.1) is 5.02 Å². The predicted molar refractivity (Wildman–Crippen MR) is 73.1 cm³/mol. The molecule has 0 aliphatic rings. The van der Waals surface area contributed by atoms with Crippen molar-refractivity contribution >= 4 is 29.1 Å². The summed E-state index contributed by atoms with van der Waals surface area (Å²) in [5.74, 6) is -0.848. The molecule has 2 aromatic carbocycles. The average Bonchev–Trinajstić information content (AvgIpc) is 2.41. The first-order chi connectivity index (χ1) is 8.63. The molecule has 0 atom stereocenters. The van der Waals surface area contributed by atoms with Crippen LogP contribution in [-0.4, -0.2) is 12.0 Å². The molecule has 2 rings (SSSR count). The Morgan fingerprint density at radius 1 is 1.22 bits per heavy atom. The Morgan fingerprint density at radius 3 is 2.67 bits per heavy atom. The van der Waals surface area contributed by atoms with Crippen molar-refractivity contribution in [1.82, 2.24) is 0 Å². The van der Waals surface area contributed by atoms with Crippen molar-refractivity contribution in [1.29, 1.82) is 0 Å². The summed E-state index contributed by atoms with van der Waals surface area (Å²) in [5.41, 5.74) is 0.698. The molecule has 0 radical (unpaired) electrons. The van der Waals surface area contributed by atoms with Gasteiger partial charge < -0.3 is 0 Å². The van der Waals surface area contributed by atoms with Crippen LogP contribution in [0.25, 0.3) is 0 Å². The summed E-state index contributed by atoms with van der Waals surface area (Å²) in [5, 5.41) is -0.128. The molecule has 0 spiro atoms. The zero-order valence-corrected chi connectivity index (χ0v) is 11.2. The highest BCUT2D eigenvalue weighted by Crippen LogP contribution is 2.24. The maximum atomic E-state index is 13.3. The van der Waals surface area contributed by atoms with E-state index in [1.165, 1.54) is 18.2 Å². The number of hydrogen-bond donors (Lipinski definition) is 0. The summed E-state index contributed by atoms with van der Waals surface area (Å²) < 4.78 is 13.3. The number of carbonyl (C=O) groups excluding carboxylic acids is 1. The fourth-order valence-electron chi connectivity index (χ4n) is 1.60. The Labute approximate surface area is 114 Å². The van der Waals surface area contributed by atoms with Crippen molar-refractivity contribution in [2.24, 2.45) is 0 Å². The van der Waals surface area contributed by atoms with Gasteiger partial charge in [-0.15, -0.1) is 11.8 Å². The molecule has 0 heterocycles. The molecule has 0 aromatic heterocycles. The molecule has 0 aliphatic carbocycles. The first-order valence-electron chi connectivity index (χ1n) is 5.26. The van der Waals surface area contributed by atoms with Crippen molar-refractivity contribution in [3.63, 3.8) is 0 Å². The molecule has 4 heteroatoms. The van der Waals surface area contributed by atoms with Gasteiger partial charge in [-0.05, 0) is 30.5 Å². The van der Waals surface area contributed by atoms with Gasteiger partial charge >= 0.3 is 0 Å². The normalized spacial score (nSPS) is 10.4. The van der Waals surface area contributed by atoms with Gasteiger partial charge in [-0.1, -0.05) is 29.8 Å². The average molecular weight is 281 g/mol. The van der Waals surface area contributed by atoms with E-state index >= 15 is 0 Å². The number of hydrogen-bond acceptors (Lipinski definition) is 2. The summed E-state index contributed by atoms with van der Waals surface area (Å²) in [6.07, 6.45) is 1.93. The molecule has 0 fully saturated rings. The number of rotatable bonds is 3. The van der Waals surface area contributed by atoms with Crippen LogP contribution in [0.2, 0.25) is 5.02 Å². The van der Waals surface area contributed by atoms with Crippen LogP contribution in [0.3, 0.4) is 0 Å². The van der Waals surface area contributed by atoms with Crippen molar-refractivity contribution in [3.05, 3.63) is 64.4 Å². The molecule has 18 heavy (non-hydrogen) atoms. The SMILES string of the molecule is CSc1cccc(C(=O)c2cccc(F)c2Cl)c1. The van der Waals surface area contributed by atoms with Gasteiger partial charge in [0, 0.05) is 16.0 Å². The molecule has 0 unspecified atom stereocenters. The lowest BCUT2D eigenvalue weighted by Crippen LogP contribution is -2.03. The fourth-order valence-corrected chi connectivity index (χ4v) is 2.27. The van der Waals surface area contributed by atoms with E-state index < -0.39 is 5.82 Å². The summed E-state index contributed by atoms with van der Waals surface area (Å²) in [6, 6.07) is 11.4. The molecular formula is C14H10ClFOS. The van der Waals surface area contributed by atoms with Gasteiger partial charge in [-0.25, -0.2) is 4.39 Å². The van der Waals surface area contributed by atoms with Gasteiger partial charge in [-0.2, -0.15) is 0 Å².